The Morgan fingerprint density at radius 1 is 1.53 bits per heavy atom. The molecule has 0 amide bonds. The zero-order chi connectivity index (χ0) is 10.8. The topological polar surface area (TPSA) is 50.9 Å². The molecule has 80 valence electrons. The summed E-state index contributed by atoms with van der Waals surface area (Å²) in [5.74, 6) is 0. The third kappa shape index (κ3) is 2.04. The van der Waals surface area contributed by atoms with Gasteiger partial charge in [-0.25, -0.2) is 4.98 Å². The fourth-order valence-electron chi connectivity index (χ4n) is 1.34. The zero-order valence-corrected chi connectivity index (χ0v) is 10.3. The highest BCUT2D eigenvalue weighted by atomic mass is 32.1. The van der Waals surface area contributed by atoms with Crippen LogP contribution in [0.5, 0.6) is 0 Å². The summed E-state index contributed by atoms with van der Waals surface area (Å²) in [6, 6.07) is 4.13. The van der Waals surface area contributed by atoms with Crippen LogP contribution in [-0.4, -0.2) is 12.0 Å². The van der Waals surface area contributed by atoms with Crippen molar-refractivity contribution in [3.63, 3.8) is 0 Å². The second-order valence-corrected chi connectivity index (χ2v) is 5.23. The molecule has 2 aromatic heterocycles. The molecule has 0 aliphatic rings. The maximum absolute atomic E-state index is 5.94. The number of thiophene rings is 1. The van der Waals surface area contributed by atoms with Crippen LogP contribution in [0.25, 0.3) is 10.6 Å². The van der Waals surface area contributed by atoms with Crippen LogP contribution < -0.4 is 11.1 Å². The van der Waals surface area contributed by atoms with Gasteiger partial charge in [-0.15, -0.1) is 11.3 Å². The summed E-state index contributed by atoms with van der Waals surface area (Å²) < 4.78 is 0. The molecule has 0 spiro atoms. The molecule has 2 rings (SSSR count). The average molecular weight is 239 g/mol. The lowest BCUT2D eigenvalue weighted by Gasteiger charge is -2.02. The quantitative estimate of drug-likeness (QED) is 0.866. The second kappa shape index (κ2) is 4.30. The number of rotatable bonds is 3. The molecule has 0 radical (unpaired) electrons. The molecule has 15 heavy (non-hydrogen) atoms. The van der Waals surface area contributed by atoms with Crippen molar-refractivity contribution in [1.82, 2.24) is 4.98 Å². The molecule has 0 aliphatic carbocycles. The van der Waals surface area contributed by atoms with Crippen LogP contribution in [0.15, 0.2) is 17.5 Å². The van der Waals surface area contributed by atoms with Gasteiger partial charge in [-0.2, -0.15) is 0 Å². The van der Waals surface area contributed by atoms with Gasteiger partial charge in [-0.05, 0) is 18.4 Å². The maximum atomic E-state index is 5.94. The molecule has 0 saturated heterocycles. The SMILES string of the molecule is CNc1nc(-c2cccs2)c(C(C)N)s1. The van der Waals surface area contributed by atoms with E-state index in [2.05, 4.69) is 21.7 Å². The van der Waals surface area contributed by atoms with Gasteiger partial charge in [-0.3, -0.25) is 0 Å². The maximum Gasteiger partial charge on any atom is 0.183 e. The largest absolute Gasteiger partial charge is 0.365 e. The highest BCUT2D eigenvalue weighted by molar-refractivity contribution is 7.17. The first-order valence-electron chi connectivity index (χ1n) is 4.70. The van der Waals surface area contributed by atoms with Crippen molar-refractivity contribution >= 4 is 27.8 Å². The molecule has 2 aromatic rings. The Balaban J connectivity index is 2.49. The van der Waals surface area contributed by atoms with Gasteiger partial charge in [0.2, 0.25) is 0 Å². The van der Waals surface area contributed by atoms with Gasteiger partial charge in [0.1, 0.15) is 0 Å². The standard InChI is InChI=1S/C10H13N3S2/c1-6(11)9-8(7-4-3-5-14-7)13-10(12-2)15-9/h3-6H,11H2,1-2H3,(H,12,13). The van der Waals surface area contributed by atoms with Gasteiger partial charge in [0.25, 0.3) is 0 Å². The van der Waals surface area contributed by atoms with Crippen LogP contribution in [0.1, 0.15) is 17.8 Å². The van der Waals surface area contributed by atoms with Crippen LogP contribution >= 0.6 is 22.7 Å². The number of nitrogens with one attached hydrogen (secondary N) is 1. The first kappa shape index (κ1) is 10.6. The van der Waals surface area contributed by atoms with Crippen molar-refractivity contribution in [1.29, 1.82) is 0 Å². The highest BCUT2D eigenvalue weighted by Gasteiger charge is 2.15. The van der Waals surface area contributed by atoms with Crippen molar-refractivity contribution in [2.75, 3.05) is 12.4 Å². The molecule has 0 bridgehead atoms. The molecule has 3 N–H and O–H groups in total. The third-order valence-corrected chi connectivity index (χ3v) is 4.19. The summed E-state index contributed by atoms with van der Waals surface area (Å²) in [7, 11) is 1.88. The lowest BCUT2D eigenvalue weighted by atomic mass is 10.2. The van der Waals surface area contributed by atoms with Crippen LogP contribution in [0.4, 0.5) is 5.13 Å². The monoisotopic (exact) mass is 239 g/mol. The number of aromatic nitrogens is 1. The zero-order valence-electron chi connectivity index (χ0n) is 8.65. The molecule has 3 nitrogen and oxygen atoms in total. The van der Waals surface area contributed by atoms with E-state index in [1.54, 1.807) is 22.7 Å². The Hall–Kier alpha value is -0.910. The summed E-state index contributed by atoms with van der Waals surface area (Å²) in [4.78, 5) is 6.85. The lowest BCUT2D eigenvalue weighted by molar-refractivity contribution is 0.838. The van der Waals surface area contributed by atoms with Crippen LogP contribution in [0, 0.1) is 0 Å². The van der Waals surface area contributed by atoms with Gasteiger partial charge in [0.15, 0.2) is 5.13 Å². The number of nitrogens with zero attached hydrogens (tertiary/aromatic N) is 1. The van der Waals surface area contributed by atoms with E-state index in [-0.39, 0.29) is 6.04 Å². The normalized spacial score (nSPS) is 12.7. The second-order valence-electron chi connectivity index (χ2n) is 3.25. The Morgan fingerprint density at radius 2 is 2.33 bits per heavy atom. The summed E-state index contributed by atoms with van der Waals surface area (Å²) >= 11 is 3.32. The fourth-order valence-corrected chi connectivity index (χ4v) is 3.02. The summed E-state index contributed by atoms with van der Waals surface area (Å²) in [6.07, 6.45) is 0. The smallest absolute Gasteiger partial charge is 0.183 e. The van der Waals surface area contributed by atoms with Crippen molar-refractivity contribution in [2.24, 2.45) is 5.73 Å². The highest BCUT2D eigenvalue weighted by Crippen LogP contribution is 2.36. The van der Waals surface area contributed by atoms with E-state index in [9.17, 15) is 0 Å². The fraction of sp³-hybridized carbons (Fsp3) is 0.300. The van der Waals surface area contributed by atoms with E-state index in [4.69, 9.17) is 5.73 Å². The van der Waals surface area contributed by atoms with E-state index in [0.717, 1.165) is 15.7 Å². The molecule has 0 saturated carbocycles. The van der Waals surface area contributed by atoms with E-state index in [0.29, 0.717) is 0 Å². The molecule has 2 heterocycles. The molecule has 1 unspecified atom stereocenters. The molecule has 0 aliphatic heterocycles. The minimum absolute atomic E-state index is 0.0294. The first-order chi connectivity index (χ1) is 7.22. The Labute approximate surface area is 97.0 Å². The minimum Gasteiger partial charge on any atom is -0.365 e. The van der Waals surface area contributed by atoms with E-state index >= 15 is 0 Å². The van der Waals surface area contributed by atoms with E-state index in [1.807, 2.05) is 20.0 Å². The Kier molecular flexibility index (Phi) is 3.04. The Morgan fingerprint density at radius 3 is 2.87 bits per heavy atom. The molecule has 5 heteroatoms. The average Bonchev–Trinajstić information content (AvgIpc) is 2.86. The van der Waals surface area contributed by atoms with Gasteiger partial charge >= 0.3 is 0 Å². The number of hydrogen-bond donors (Lipinski definition) is 2. The molecule has 1 atom stereocenters. The van der Waals surface area contributed by atoms with Crippen LogP contribution in [-0.2, 0) is 0 Å². The number of nitrogens with two attached hydrogens (primary N) is 1. The Bertz CT molecular complexity index is 431. The van der Waals surface area contributed by atoms with Gasteiger partial charge in [-0.1, -0.05) is 17.4 Å². The summed E-state index contributed by atoms with van der Waals surface area (Å²) in [5, 5.41) is 6.04. The van der Waals surface area contributed by atoms with Crippen LogP contribution in [0.2, 0.25) is 0 Å². The molecule has 0 aromatic carbocycles. The number of thiazole rings is 1. The summed E-state index contributed by atoms with van der Waals surface area (Å²) in [6.45, 7) is 1.99. The molecular weight excluding hydrogens is 226 g/mol. The number of anilines is 1. The predicted molar refractivity (Wildman–Crippen MR) is 67.6 cm³/mol. The van der Waals surface area contributed by atoms with Crippen molar-refractivity contribution < 1.29 is 0 Å². The van der Waals surface area contributed by atoms with E-state index < -0.39 is 0 Å². The molecular formula is C10H13N3S2. The number of hydrogen-bond acceptors (Lipinski definition) is 5. The van der Waals surface area contributed by atoms with Gasteiger partial charge < -0.3 is 11.1 Å². The first-order valence-corrected chi connectivity index (χ1v) is 6.40. The van der Waals surface area contributed by atoms with Crippen LogP contribution in [0.3, 0.4) is 0 Å². The summed E-state index contributed by atoms with van der Waals surface area (Å²) in [5.41, 5.74) is 6.96. The van der Waals surface area contributed by atoms with E-state index in [1.165, 1.54) is 4.88 Å². The van der Waals surface area contributed by atoms with Crippen molar-refractivity contribution in [3.8, 4) is 10.6 Å². The van der Waals surface area contributed by atoms with Crippen molar-refractivity contribution in [2.45, 2.75) is 13.0 Å². The minimum atomic E-state index is 0.0294. The predicted octanol–water partition coefficient (Wildman–Crippen LogP) is 2.93. The lowest BCUT2D eigenvalue weighted by Crippen LogP contribution is -2.03. The third-order valence-electron chi connectivity index (χ3n) is 2.04. The van der Waals surface area contributed by atoms with Gasteiger partial charge in [0.05, 0.1) is 15.4 Å². The van der Waals surface area contributed by atoms with Crippen molar-refractivity contribution in [3.05, 3.63) is 22.4 Å². The van der Waals surface area contributed by atoms with Gasteiger partial charge in [0, 0.05) is 13.1 Å². The molecule has 0 fully saturated rings.